The van der Waals surface area contributed by atoms with Crippen molar-refractivity contribution in [3.8, 4) is 5.75 Å². The van der Waals surface area contributed by atoms with Crippen LogP contribution < -0.4 is 0 Å². The molecule has 1 saturated heterocycles. The van der Waals surface area contributed by atoms with Crippen LogP contribution in [0.25, 0.3) is 0 Å². The average molecular weight is 572 g/mol. The summed E-state index contributed by atoms with van der Waals surface area (Å²) in [4.78, 5) is 14.7. The number of carboxylic acid groups (broad SMARTS) is 1. The molecule has 0 amide bonds. The summed E-state index contributed by atoms with van der Waals surface area (Å²) in [7, 11) is 0. The summed E-state index contributed by atoms with van der Waals surface area (Å²) in [6.07, 6.45) is 22.5. The third kappa shape index (κ3) is 11.9. The second kappa shape index (κ2) is 17.5. The minimum atomic E-state index is -0.716. The normalized spacial score (nSPS) is 18.3. The predicted octanol–water partition coefficient (Wildman–Crippen LogP) is 10.5. The van der Waals surface area contributed by atoms with Gasteiger partial charge in [0.2, 0.25) is 0 Å². The third-order valence-electron chi connectivity index (χ3n) is 9.23. The zero-order valence-electron chi connectivity index (χ0n) is 28.0. The lowest BCUT2D eigenvalue weighted by Crippen LogP contribution is -2.39. The molecule has 1 heterocycles. The molecule has 4 heteroatoms. The zero-order valence-corrected chi connectivity index (χ0v) is 28.0. The Labute approximate surface area is 253 Å². The van der Waals surface area contributed by atoms with Crippen LogP contribution in [-0.2, 0) is 15.6 Å². The Balaban J connectivity index is 1.75. The molecule has 236 valence electrons. The molecule has 0 aromatic heterocycles. The maximum absolute atomic E-state index is 12.5. The van der Waals surface area contributed by atoms with Crippen molar-refractivity contribution in [2.75, 3.05) is 13.1 Å². The second-order valence-corrected chi connectivity index (χ2v) is 15.0. The molecule has 0 aliphatic carbocycles. The zero-order chi connectivity index (χ0) is 30.5. The molecular formula is C37H65NO3. The first-order chi connectivity index (χ1) is 19.4. The SMILES string of the molecule is CCCCCCCCCCCCCCCCCCN1CCC(c2cc(C(C)(C)C)c(O)c(C(C)(C)C)c2)[C@H]1C(=O)O. The van der Waals surface area contributed by atoms with Crippen molar-refractivity contribution in [2.45, 2.75) is 180 Å². The molecular weight excluding hydrogens is 506 g/mol. The molecule has 1 aliphatic rings. The predicted molar refractivity (Wildman–Crippen MR) is 175 cm³/mol. The van der Waals surface area contributed by atoms with Gasteiger partial charge in [0.25, 0.3) is 0 Å². The monoisotopic (exact) mass is 571 g/mol. The second-order valence-electron chi connectivity index (χ2n) is 15.0. The molecule has 2 atom stereocenters. The number of hydrogen-bond acceptors (Lipinski definition) is 3. The minimum Gasteiger partial charge on any atom is -0.507 e. The first kappa shape index (κ1) is 35.6. The largest absolute Gasteiger partial charge is 0.507 e. The van der Waals surface area contributed by atoms with E-state index >= 15 is 0 Å². The third-order valence-corrected chi connectivity index (χ3v) is 9.23. The van der Waals surface area contributed by atoms with Gasteiger partial charge in [-0.1, -0.05) is 157 Å². The molecule has 1 unspecified atom stereocenters. The van der Waals surface area contributed by atoms with Crippen molar-refractivity contribution in [1.82, 2.24) is 4.90 Å². The van der Waals surface area contributed by atoms with E-state index in [1.807, 2.05) is 0 Å². The highest BCUT2D eigenvalue weighted by atomic mass is 16.4. The van der Waals surface area contributed by atoms with Crippen molar-refractivity contribution < 1.29 is 15.0 Å². The van der Waals surface area contributed by atoms with Gasteiger partial charge in [0.1, 0.15) is 11.8 Å². The van der Waals surface area contributed by atoms with Crippen LogP contribution in [0, 0.1) is 0 Å². The van der Waals surface area contributed by atoms with Crippen LogP contribution in [-0.4, -0.2) is 40.2 Å². The fourth-order valence-electron chi connectivity index (χ4n) is 6.66. The number of carboxylic acids is 1. The van der Waals surface area contributed by atoms with Crippen molar-refractivity contribution in [2.24, 2.45) is 0 Å². The van der Waals surface area contributed by atoms with Gasteiger partial charge < -0.3 is 10.2 Å². The Hall–Kier alpha value is -1.55. The highest BCUT2D eigenvalue weighted by Crippen LogP contribution is 2.44. The maximum Gasteiger partial charge on any atom is 0.321 e. The molecule has 1 aromatic carbocycles. The Morgan fingerprint density at radius 3 is 1.49 bits per heavy atom. The van der Waals surface area contributed by atoms with Crippen molar-refractivity contribution in [3.63, 3.8) is 0 Å². The molecule has 0 bridgehead atoms. The van der Waals surface area contributed by atoms with Crippen LogP contribution in [0.3, 0.4) is 0 Å². The number of unbranched alkanes of at least 4 members (excludes halogenated alkanes) is 15. The molecule has 2 rings (SSSR count). The lowest BCUT2D eigenvalue weighted by atomic mass is 9.76. The first-order valence-corrected chi connectivity index (χ1v) is 17.2. The van der Waals surface area contributed by atoms with Gasteiger partial charge in [0.05, 0.1) is 0 Å². The van der Waals surface area contributed by atoms with E-state index in [9.17, 15) is 15.0 Å². The Bertz CT molecular complexity index is 859. The van der Waals surface area contributed by atoms with Crippen LogP contribution in [0.15, 0.2) is 12.1 Å². The van der Waals surface area contributed by atoms with Crippen molar-refractivity contribution in [1.29, 1.82) is 0 Å². The van der Waals surface area contributed by atoms with Crippen LogP contribution >= 0.6 is 0 Å². The molecule has 1 fully saturated rings. The highest BCUT2D eigenvalue weighted by Gasteiger charge is 2.41. The van der Waals surface area contributed by atoms with Gasteiger partial charge in [0, 0.05) is 5.92 Å². The lowest BCUT2D eigenvalue weighted by Gasteiger charge is -2.30. The quantitative estimate of drug-likeness (QED) is 0.162. The molecule has 41 heavy (non-hydrogen) atoms. The van der Waals surface area contributed by atoms with Gasteiger partial charge in [-0.25, -0.2) is 0 Å². The van der Waals surface area contributed by atoms with Gasteiger partial charge in [-0.15, -0.1) is 0 Å². The molecule has 0 radical (unpaired) electrons. The summed E-state index contributed by atoms with van der Waals surface area (Å²) in [5.74, 6) is -0.397. The number of aromatic hydroxyl groups is 1. The first-order valence-electron chi connectivity index (χ1n) is 17.2. The fourth-order valence-corrected chi connectivity index (χ4v) is 6.66. The van der Waals surface area contributed by atoms with E-state index in [2.05, 4.69) is 65.5 Å². The maximum atomic E-state index is 12.5. The Kier molecular flexibility index (Phi) is 15.2. The van der Waals surface area contributed by atoms with E-state index in [1.54, 1.807) is 0 Å². The number of carbonyl (C=O) groups is 1. The summed E-state index contributed by atoms with van der Waals surface area (Å²) in [6.45, 7) is 16.7. The van der Waals surface area contributed by atoms with Gasteiger partial charge in [-0.05, 0) is 53.5 Å². The van der Waals surface area contributed by atoms with E-state index in [4.69, 9.17) is 0 Å². The summed E-state index contributed by atoms with van der Waals surface area (Å²) in [5, 5.41) is 21.4. The number of likely N-dealkylation sites (tertiary alicyclic amines) is 1. The average Bonchev–Trinajstić information content (AvgIpc) is 3.31. The van der Waals surface area contributed by atoms with E-state index in [1.165, 1.54) is 96.3 Å². The number of phenols is 1. The van der Waals surface area contributed by atoms with Crippen molar-refractivity contribution in [3.05, 3.63) is 28.8 Å². The molecule has 1 aliphatic heterocycles. The standard InChI is InChI=1S/C37H65NO3/c1-8-9-10-11-12-13-14-15-16-17-18-19-20-21-22-23-25-38-26-24-30(33(38)35(40)41)29-27-31(36(2,3)4)34(39)32(28-29)37(5,6)7/h27-28,30,33,39H,8-26H2,1-7H3,(H,40,41)/t30?,33-/m0/s1. The van der Waals surface area contributed by atoms with Crippen LogP contribution in [0.1, 0.15) is 180 Å². The summed E-state index contributed by atoms with van der Waals surface area (Å²) in [6, 6.07) is 3.68. The fraction of sp³-hybridized carbons (Fsp3) is 0.811. The topological polar surface area (TPSA) is 60.8 Å². The van der Waals surface area contributed by atoms with Crippen LogP contribution in [0.5, 0.6) is 5.75 Å². The van der Waals surface area contributed by atoms with Gasteiger partial charge in [0.15, 0.2) is 0 Å². The summed E-state index contributed by atoms with van der Waals surface area (Å²) < 4.78 is 0. The molecule has 0 saturated carbocycles. The van der Waals surface area contributed by atoms with Gasteiger partial charge in [-0.3, -0.25) is 9.69 Å². The lowest BCUT2D eigenvalue weighted by molar-refractivity contribution is -0.142. The number of rotatable bonds is 19. The van der Waals surface area contributed by atoms with E-state index < -0.39 is 12.0 Å². The Morgan fingerprint density at radius 2 is 1.12 bits per heavy atom. The molecule has 2 N–H and O–H groups in total. The van der Waals surface area contributed by atoms with Crippen LogP contribution in [0.2, 0.25) is 0 Å². The molecule has 0 spiro atoms. The number of hydrogen-bond donors (Lipinski definition) is 2. The Morgan fingerprint density at radius 1 is 0.732 bits per heavy atom. The minimum absolute atomic E-state index is 0.0450. The van der Waals surface area contributed by atoms with Gasteiger partial charge in [-0.2, -0.15) is 0 Å². The summed E-state index contributed by atoms with van der Waals surface area (Å²) in [5.41, 5.74) is 2.47. The van der Waals surface area contributed by atoms with Gasteiger partial charge >= 0.3 is 5.97 Å². The molecule has 1 aromatic rings. The van der Waals surface area contributed by atoms with E-state index in [0.717, 1.165) is 42.6 Å². The number of phenolic OH excluding ortho intramolecular Hbond substituents is 1. The highest BCUT2D eigenvalue weighted by molar-refractivity contribution is 5.75. The van der Waals surface area contributed by atoms with Crippen LogP contribution in [0.4, 0.5) is 0 Å². The smallest absolute Gasteiger partial charge is 0.321 e. The van der Waals surface area contributed by atoms with E-state index in [-0.39, 0.29) is 16.7 Å². The van der Waals surface area contributed by atoms with Crippen molar-refractivity contribution >= 4 is 5.97 Å². The van der Waals surface area contributed by atoms with E-state index in [0.29, 0.717) is 5.75 Å². The summed E-state index contributed by atoms with van der Waals surface area (Å²) >= 11 is 0. The molecule has 4 nitrogen and oxygen atoms in total. The number of benzene rings is 1. The number of nitrogens with zero attached hydrogens (tertiary/aromatic N) is 1. The number of aliphatic carboxylic acids is 1.